The maximum atomic E-state index is 13.1. The van der Waals surface area contributed by atoms with E-state index in [1.54, 1.807) is 0 Å². The fraction of sp³-hybridized carbons (Fsp3) is 0.286. The van der Waals surface area contributed by atoms with Gasteiger partial charge in [0.2, 0.25) is 11.7 Å². The predicted octanol–water partition coefficient (Wildman–Crippen LogP) is 3.51. The molecule has 1 saturated heterocycles. The first-order valence-electron chi connectivity index (χ1n) is 9.41. The molecule has 1 heterocycles. The summed E-state index contributed by atoms with van der Waals surface area (Å²) in [5, 5.41) is 11.0. The van der Waals surface area contributed by atoms with Crippen molar-refractivity contribution in [3.8, 4) is 0 Å². The lowest BCUT2D eigenvalue weighted by Gasteiger charge is -2.19. The highest BCUT2D eigenvalue weighted by atomic mass is 35.5. The van der Waals surface area contributed by atoms with E-state index in [2.05, 4.69) is 0 Å². The van der Waals surface area contributed by atoms with Gasteiger partial charge in [-0.1, -0.05) is 6.07 Å². The zero-order valence-corrected chi connectivity index (χ0v) is 17.0. The van der Waals surface area contributed by atoms with Crippen molar-refractivity contribution in [2.45, 2.75) is 18.9 Å². The number of rotatable bonds is 8. The summed E-state index contributed by atoms with van der Waals surface area (Å²) in [7, 11) is 0. The van der Waals surface area contributed by atoms with Crippen LogP contribution < -0.4 is 4.90 Å². The Morgan fingerprint density at radius 1 is 1.26 bits per heavy atom. The Labute approximate surface area is 181 Å². The molecule has 1 aliphatic rings. The number of esters is 1. The molecule has 1 fully saturated rings. The number of benzene rings is 2. The van der Waals surface area contributed by atoms with Crippen molar-refractivity contribution in [2.24, 2.45) is 5.92 Å². The quantitative estimate of drug-likeness (QED) is 0.201. The van der Waals surface area contributed by atoms with Gasteiger partial charge in [0, 0.05) is 43.0 Å². The van der Waals surface area contributed by atoms with Gasteiger partial charge in [-0.25, -0.2) is 4.39 Å². The zero-order chi connectivity index (χ0) is 22.5. The molecule has 0 bridgehead atoms. The highest BCUT2D eigenvalue weighted by Crippen LogP contribution is 2.29. The third-order valence-electron chi connectivity index (χ3n) is 4.86. The number of nitro groups is 1. The number of anilines is 1. The lowest BCUT2D eigenvalue weighted by atomic mass is 10.0. The van der Waals surface area contributed by atoms with Crippen molar-refractivity contribution < 1.29 is 28.4 Å². The molecular formula is C21H18ClFN2O6. The van der Waals surface area contributed by atoms with Crippen molar-refractivity contribution in [1.82, 2.24) is 0 Å². The van der Waals surface area contributed by atoms with E-state index in [0.29, 0.717) is 5.69 Å². The molecule has 0 unspecified atom stereocenters. The summed E-state index contributed by atoms with van der Waals surface area (Å²) in [5.41, 5.74) is 0.294. The van der Waals surface area contributed by atoms with E-state index in [4.69, 9.17) is 16.3 Å². The van der Waals surface area contributed by atoms with E-state index in [1.165, 1.54) is 41.3 Å². The van der Waals surface area contributed by atoms with Crippen LogP contribution in [0.5, 0.6) is 0 Å². The normalized spacial score (nSPS) is 16.8. The molecule has 2 aromatic carbocycles. The van der Waals surface area contributed by atoms with E-state index < -0.39 is 34.5 Å². The Bertz CT molecular complexity index is 1010. The summed E-state index contributed by atoms with van der Waals surface area (Å²) in [4.78, 5) is 49.4. The van der Waals surface area contributed by atoms with E-state index in [0.717, 1.165) is 12.1 Å². The topological polar surface area (TPSA) is 107 Å². The Kier molecular flexibility index (Phi) is 6.96. The van der Waals surface area contributed by atoms with Gasteiger partial charge in [0.15, 0.2) is 6.10 Å². The fourth-order valence-electron chi connectivity index (χ4n) is 3.27. The number of carbonyl (C=O) groups excluding carboxylic acids is 3. The van der Waals surface area contributed by atoms with Crippen LogP contribution >= 0.6 is 11.6 Å². The summed E-state index contributed by atoms with van der Waals surface area (Å²) >= 11 is 5.74. The second-order valence-corrected chi connectivity index (χ2v) is 7.33. The molecular weight excluding hydrogens is 431 g/mol. The number of nitro benzene ring substituents is 1. The molecule has 0 N–H and O–H groups in total. The van der Waals surface area contributed by atoms with Gasteiger partial charge in [0.1, 0.15) is 5.82 Å². The minimum atomic E-state index is -1.17. The van der Waals surface area contributed by atoms with Crippen LogP contribution in [0.2, 0.25) is 0 Å². The Morgan fingerprint density at radius 2 is 1.97 bits per heavy atom. The van der Waals surface area contributed by atoms with Crippen molar-refractivity contribution in [2.75, 3.05) is 17.3 Å². The number of amides is 1. The average Bonchev–Trinajstić information content (AvgIpc) is 3.15. The van der Waals surface area contributed by atoms with E-state index in [9.17, 15) is 28.9 Å². The lowest BCUT2D eigenvalue weighted by Crippen LogP contribution is -2.32. The van der Waals surface area contributed by atoms with Crippen LogP contribution in [-0.2, 0) is 14.3 Å². The van der Waals surface area contributed by atoms with Crippen LogP contribution in [-0.4, -0.2) is 41.1 Å². The molecule has 0 aliphatic carbocycles. The molecule has 31 heavy (non-hydrogen) atoms. The van der Waals surface area contributed by atoms with Crippen LogP contribution in [0.1, 0.15) is 23.2 Å². The molecule has 10 heteroatoms. The lowest BCUT2D eigenvalue weighted by molar-refractivity contribution is -0.384. The number of ether oxygens (including phenoxy) is 1. The number of halogens is 2. The molecule has 8 nitrogen and oxygen atoms in total. The van der Waals surface area contributed by atoms with Gasteiger partial charge < -0.3 is 9.64 Å². The Hall–Kier alpha value is -3.33. The van der Waals surface area contributed by atoms with Crippen LogP contribution in [0.25, 0.3) is 0 Å². The molecule has 1 aliphatic heterocycles. The first-order valence-corrected chi connectivity index (χ1v) is 9.94. The zero-order valence-electron chi connectivity index (χ0n) is 16.2. The third kappa shape index (κ3) is 5.24. The molecule has 0 radical (unpaired) electrons. The highest BCUT2D eigenvalue weighted by Gasteiger charge is 2.38. The number of Topliss-reactive ketones (excluding diaryl/α,β-unsaturated/α-hetero) is 1. The minimum absolute atomic E-state index is 0.0306. The first-order chi connectivity index (χ1) is 14.8. The molecule has 1 amide bonds. The van der Waals surface area contributed by atoms with Gasteiger partial charge in [-0.3, -0.25) is 24.5 Å². The standard InChI is InChI=1S/C21H18ClFN2O6/c22-9-8-18(20(27)13-4-6-15(23)7-5-13)31-21(28)14-10-19(26)24(12-14)16-2-1-3-17(11-16)25(29)30/h1-7,11,14,18H,8-10,12H2/t14-,18-/m0/s1. The SMILES string of the molecule is O=C(O[C@@H](CCCl)C(=O)c1ccc(F)cc1)[C@H]1CC(=O)N(c2cccc([N+](=O)[O-])c2)C1. The van der Waals surface area contributed by atoms with Crippen molar-refractivity contribution in [3.05, 3.63) is 70.0 Å². The summed E-state index contributed by atoms with van der Waals surface area (Å²) in [6, 6.07) is 10.4. The molecule has 3 rings (SSSR count). The minimum Gasteiger partial charge on any atom is -0.454 e. The van der Waals surface area contributed by atoms with E-state index in [1.807, 2.05) is 0 Å². The summed E-state index contributed by atoms with van der Waals surface area (Å²) in [6.45, 7) is -0.0306. The molecule has 0 saturated carbocycles. The number of nitrogens with zero attached hydrogens (tertiary/aromatic N) is 2. The predicted molar refractivity (Wildman–Crippen MR) is 110 cm³/mol. The molecule has 0 spiro atoms. The van der Waals surface area contributed by atoms with Crippen LogP contribution in [0.4, 0.5) is 15.8 Å². The largest absolute Gasteiger partial charge is 0.454 e. The maximum absolute atomic E-state index is 13.1. The monoisotopic (exact) mass is 448 g/mol. The van der Waals surface area contributed by atoms with E-state index in [-0.39, 0.29) is 42.4 Å². The smallest absolute Gasteiger partial charge is 0.312 e. The van der Waals surface area contributed by atoms with Crippen molar-refractivity contribution in [1.29, 1.82) is 0 Å². The molecule has 2 atom stereocenters. The van der Waals surface area contributed by atoms with Crippen molar-refractivity contribution >= 4 is 40.6 Å². The van der Waals surface area contributed by atoms with Crippen LogP contribution in [0, 0.1) is 21.8 Å². The number of non-ortho nitro benzene ring substituents is 1. The molecule has 162 valence electrons. The summed E-state index contributed by atoms with van der Waals surface area (Å²) in [5.74, 6) is -2.95. The van der Waals surface area contributed by atoms with Gasteiger partial charge >= 0.3 is 5.97 Å². The van der Waals surface area contributed by atoms with Crippen LogP contribution in [0.3, 0.4) is 0 Å². The fourth-order valence-corrected chi connectivity index (χ4v) is 3.47. The summed E-state index contributed by atoms with van der Waals surface area (Å²) < 4.78 is 18.5. The Balaban J connectivity index is 1.71. The highest BCUT2D eigenvalue weighted by molar-refractivity contribution is 6.18. The average molecular weight is 449 g/mol. The number of carbonyl (C=O) groups is 3. The first kappa shape index (κ1) is 22.4. The van der Waals surface area contributed by atoms with Gasteiger partial charge in [0.25, 0.3) is 5.69 Å². The molecule has 0 aromatic heterocycles. The van der Waals surface area contributed by atoms with Crippen LogP contribution in [0.15, 0.2) is 48.5 Å². The second-order valence-electron chi connectivity index (χ2n) is 6.96. The number of hydrogen-bond donors (Lipinski definition) is 0. The maximum Gasteiger partial charge on any atom is 0.312 e. The second kappa shape index (κ2) is 9.65. The number of hydrogen-bond acceptors (Lipinski definition) is 6. The van der Waals surface area contributed by atoms with Gasteiger partial charge in [-0.15, -0.1) is 11.6 Å². The van der Waals surface area contributed by atoms with E-state index >= 15 is 0 Å². The van der Waals surface area contributed by atoms with Gasteiger partial charge in [-0.2, -0.15) is 0 Å². The van der Waals surface area contributed by atoms with Gasteiger partial charge in [-0.05, 0) is 30.3 Å². The number of alkyl halides is 1. The molecule has 2 aromatic rings. The van der Waals surface area contributed by atoms with Crippen molar-refractivity contribution in [3.63, 3.8) is 0 Å². The van der Waals surface area contributed by atoms with Gasteiger partial charge in [0.05, 0.1) is 16.5 Å². The number of ketones is 1. The summed E-state index contributed by atoms with van der Waals surface area (Å²) in [6.07, 6.45) is -1.27. The third-order valence-corrected chi connectivity index (χ3v) is 5.08. The Morgan fingerprint density at radius 3 is 2.61 bits per heavy atom.